The molecule has 1 fully saturated rings. The lowest BCUT2D eigenvalue weighted by atomic mass is 9.96. The number of benzene rings is 2. The molecule has 0 saturated carbocycles. The molecule has 2 aromatic rings. The summed E-state index contributed by atoms with van der Waals surface area (Å²) in [7, 11) is 3.32. The van der Waals surface area contributed by atoms with E-state index < -0.39 is 0 Å². The molecule has 9 nitrogen and oxygen atoms in total. The zero-order valence-corrected chi connectivity index (χ0v) is 23.1. The van der Waals surface area contributed by atoms with Crippen LogP contribution in [0.15, 0.2) is 48.7 Å². The third-order valence-corrected chi connectivity index (χ3v) is 7.68. The monoisotopic (exact) mass is 531 g/mol. The maximum absolute atomic E-state index is 13.2. The number of hydrogen-bond acceptors (Lipinski definition) is 4. The summed E-state index contributed by atoms with van der Waals surface area (Å²) in [6, 6.07) is 13.5. The Labute approximate surface area is 230 Å². The third-order valence-electron chi connectivity index (χ3n) is 7.68. The lowest BCUT2D eigenvalue weighted by Crippen LogP contribution is -2.51. The Morgan fingerprint density at radius 1 is 1.03 bits per heavy atom. The van der Waals surface area contributed by atoms with Crippen LogP contribution in [-0.2, 0) is 20.8 Å². The molecular weight excluding hydrogens is 494 g/mol. The highest BCUT2D eigenvalue weighted by atomic mass is 16.2. The number of rotatable bonds is 7. The largest absolute Gasteiger partial charge is 0.345 e. The minimum atomic E-state index is -0.248. The minimum absolute atomic E-state index is 0.0408. The molecule has 2 aliphatic rings. The van der Waals surface area contributed by atoms with Crippen LogP contribution in [-0.4, -0.2) is 90.2 Å². The Morgan fingerprint density at radius 2 is 1.74 bits per heavy atom. The minimum Gasteiger partial charge on any atom is -0.345 e. The Morgan fingerprint density at radius 3 is 2.44 bits per heavy atom. The molecule has 1 saturated heterocycles. The van der Waals surface area contributed by atoms with Crippen LogP contribution < -0.4 is 5.32 Å². The first kappa shape index (κ1) is 27.9. The van der Waals surface area contributed by atoms with Gasteiger partial charge in [-0.2, -0.15) is 0 Å². The first-order valence-electron chi connectivity index (χ1n) is 13.3. The standard InChI is InChI=1S/C30H37N5O4/c1-21-8-7-10-25(22(21)2)26(29(38)32(3)4)18-33(20-36)19-28(37)34-15-13-24(14-16-34)35-17-12-23-9-5-6-11-27(23)31-30(35)39/h5-11,18,20,24H,12-17,19H2,1-4H3,(H,31,39)/b26-18-. The number of aryl methyl sites for hydroxylation is 1. The van der Waals surface area contributed by atoms with Crippen molar-refractivity contribution < 1.29 is 19.2 Å². The van der Waals surface area contributed by atoms with Crippen molar-refractivity contribution in [3.05, 3.63) is 70.9 Å². The van der Waals surface area contributed by atoms with E-state index in [9.17, 15) is 19.2 Å². The second kappa shape index (κ2) is 12.1. The van der Waals surface area contributed by atoms with Gasteiger partial charge < -0.3 is 24.9 Å². The van der Waals surface area contributed by atoms with Gasteiger partial charge >= 0.3 is 6.03 Å². The summed E-state index contributed by atoms with van der Waals surface area (Å²) in [5.74, 6) is -0.441. The SMILES string of the molecule is Cc1cccc(/C(=C/N(C=O)CC(=O)N2CCC(N3CCc4ccccc4NC3=O)CC2)C(=O)N(C)C)c1C. The Bertz CT molecular complexity index is 1280. The van der Waals surface area contributed by atoms with Crippen LogP contribution in [0.1, 0.15) is 35.1 Å². The van der Waals surface area contributed by atoms with Gasteiger partial charge in [-0.15, -0.1) is 0 Å². The van der Waals surface area contributed by atoms with Gasteiger partial charge in [-0.25, -0.2) is 4.79 Å². The first-order chi connectivity index (χ1) is 18.7. The smallest absolute Gasteiger partial charge is 0.322 e. The van der Waals surface area contributed by atoms with Gasteiger partial charge in [0, 0.05) is 51.7 Å². The van der Waals surface area contributed by atoms with Crippen molar-refractivity contribution in [2.75, 3.05) is 45.6 Å². The molecule has 0 atom stereocenters. The van der Waals surface area contributed by atoms with E-state index in [4.69, 9.17) is 0 Å². The van der Waals surface area contributed by atoms with E-state index in [0.29, 0.717) is 44.5 Å². The number of nitrogens with one attached hydrogen (secondary N) is 1. The van der Waals surface area contributed by atoms with Crippen LogP contribution in [0, 0.1) is 13.8 Å². The molecule has 206 valence electrons. The molecule has 0 radical (unpaired) electrons. The summed E-state index contributed by atoms with van der Waals surface area (Å²) in [5.41, 5.74) is 5.03. The average Bonchev–Trinajstić information content (AvgIpc) is 3.10. The van der Waals surface area contributed by atoms with Crippen molar-refractivity contribution in [2.24, 2.45) is 0 Å². The fourth-order valence-corrected chi connectivity index (χ4v) is 5.22. The third kappa shape index (κ3) is 6.30. The van der Waals surface area contributed by atoms with Crippen molar-refractivity contribution in [1.82, 2.24) is 19.6 Å². The second-order valence-electron chi connectivity index (χ2n) is 10.4. The Balaban J connectivity index is 1.41. The molecule has 4 rings (SSSR count). The normalized spacial score (nSPS) is 16.2. The lowest BCUT2D eigenvalue weighted by molar-refractivity contribution is -0.135. The average molecular weight is 532 g/mol. The van der Waals surface area contributed by atoms with Crippen LogP contribution in [0.3, 0.4) is 0 Å². The molecule has 39 heavy (non-hydrogen) atoms. The highest BCUT2D eigenvalue weighted by Gasteiger charge is 2.31. The highest BCUT2D eigenvalue weighted by Crippen LogP contribution is 2.26. The zero-order valence-electron chi connectivity index (χ0n) is 23.1. The number of urea groups is 1. The highest BCUT2D eigenvalue weighted by molar-refractivity contribution is 6.19. The predicted molar refractivity (Wildman–Crippen MR) is 151 cm³/mol. The van der Waals surface area contributed by atoms with E-state index in [1.54, 1.807) is 19.0 Å². The van der Waals surface area contributed by atoms with Crippen molar-refractivity contribution in [1.29, 1.82) is 0 Å². The summed E-state index contributed by atoms with van der Waals surface area (Å²) in [5, 5.41) is 3.02. The molecule has 2 heterocycles. The van der Waals surface area contributed by atoms with Gasteiger partial charge in [0.05, 0.1) is 5.57 Å². The first-order valence-corrected chi connectivity index (χ1v) is 13.3. The molecule has 9 heteroatoms. The molecule has 0 aliphatic carbocycles. The number of hydrogen-bond donors (Lipinski definition) is 1. The summed E-state index contributed by atoms with van der Waals surface area (Å²) in [6.45, 7) is 5.36. The van der Waals surface area contributed by atoms with Gasteiger partial charge in [-0.3, -0.25) is 14.4 Å². The van der Waals surface area contributed by atoms with Gasteiger partial charge in [0.2, 0.25) is 12.3 Å². The van der Waals surface area contributed by atoms with Crippen LogP contribution in [0.25, 0.3) is 5.57 Å². The number of carbonyl (C=O) groups excluding carboxylic acids is 4. The van der Waals surface area contributed by atoms with Crippen molar-refractivity contribution >= 4 is 35.5 Å². The number of carbonyl (C=O) groups is 4. The molecule has 2 aliphatic heterocycles. The van der Waals surface area contributed by atoms with Gasteiger partial charge in [-0.1, -0.05) is 36.4 Å². The second-order valence-corrected chi connectivity index (χ2v) is 10.4. The fourth-order valence-electron chi connectivity index (χ4n) is 5.22. The Hall–Kier alpha value is -4.14. The van der Waals surface area contributed by atoms with E-state index >= 15 is 0 Å². The molecule has 0 unspecified atom stereocenters. The number of likely N-dealkylation sites (N-methyl/N-ethyl adjacent to an activating group) is 1. The van der Waals surface area contributed by atoms with Crippen molar-refractivity contribution in [3.63, 3.8) is 0 Å². The van der Waals surface area contributed by atoms with Crippen LogP contribution in [0.5, 0.6) is 0 Å². The quantitative estimate of drug-likeness (QED) is 0.438. The van der Waals surface area contributed by atoms with E-state index in [1.165, 1.54) is 16.0 Å². The maximum Gasteiger partial charge on any atom is 0.322 e. The summed E-state index contributed by atoms with van der Waals surface area (Å²) < 4.78 is 0. The van der Waals surface area contributed by atoms with Gasteiger partial charge in [-0.05, 0) is 61.4 Å². The van der Waals surface area contributed by atoms with Crippen LogP contribution in [0.2, 0.25) is 0 Å². The zero-order chi connectivity index (χ0) is 28.1. The van der Waals surface area contributed by atoms with Crippen molar-refractivity contribution in [2.45, 2.75) is 39.2 Å². The van der Waals surface area contributed by atoms with E-state index in [-0.39, 0.29) is 30.4 Å². The van der Waals surface area contributed by atoms with Gasteiger partial charge in [0.25, 0.3) is 5.91 Å². The number of fused-ring (bicyclic) bond motifs is 1. The van der Waals surface area contributed by atoms with E-state index in [0.717, 1.165) is 34.4 Å². The molecule has 0 aromatic heterocycles. The van der Waals surface area contributed by atoms with E-state index in [2.05, 4.69) is 5.32 Å². The van der Waals surface area contributed by atoms with E-state index in [1.807, 2.05) is 61.2 Å². The molecule has 5 amide bonds. The van der Waals surface area contributed by atoms with Crippen molar-refractivity contribution in [3.8, 4) is 0 Å². The number of anilines is 1. The lowest BCUT2D eigenvalue weighted by Gasteiger charge is -2.38. The Kier molecular flexibility index (Phi) is 8.69. The molecule has 0 bridgehead atoms. The molecule has 1 N–H and O–H groups in total. The molecule has 0 spiro atoms. The van der Waals surface area contributed by atoms with Crippen LogP contribution in [0.4, 0.5) is 10.5 Å². The number of nitrogens with zero attached hydrogens (tertiary/aromatic N) is 4. The summed E-state index contributed by atoms with van der Waals surface area (Å²) >= 11 is 0. The maximum atomic E-state index is 13.2. The number of piperidine rings is 1. The van der Waals surface area contributed by atoms with Crippen LogP contribution >= 0.6 is 0 Å². The number of amides is 5. The predicted octanol–water partition coefficient (Wildman–Crippen LogP) is 3.27. The fraction of sp³-hybridized carbons (Fsp3) is 0.400. The molecular formula is C30H37N5O4. The summed E-state index contributed by atoms with van der Waals surface area (Å²) in [4.78, 5) is 57.4. The molecule has 2 aromatic carbocycles. The van der Waals surface area contributed by atoms with Gasteiger partial charge in [0.1, 0.15) is 6.54 Å². The number of likely N-dealkylation sites (tertiary alicyclic amines) is 1. The number of para-hydroxylation sites is 1. The topological polar surface area (TPSA) is 93.3 Å². The summed E-state index contributed by atoms with van der Waals surface area (Å²) in [6.07, 6.45) is 4.17. The van der Waals surface area contributed by atoms with Gasteiger partial charge in [0.15, 0.2) is 0 Å².